The summed E-state index contributed by atoms with van der Waals surface area (Å²) in [5.74, 6) is 0.645. The highest BCUT2D eigenvalue weighted by atomic mass is 35.5. The highest BCUT2D eigenvalue weighted by Gasteiger charge is 2.07. The van der Waals surface area contributed by atoms with Gasteiger partial charge in [0, 0.05) is 22.7 Å². The molecular weight excluding hydrogens is 340 g/mol. The molecule has 0 amide bonds. The zero-order chi connectivity index (χ0) is 16.5. The first-order chi connectivity index (χ1) is 11.7. The fourth-order valence-electron chi connectivity index (χ4n) is 2.52. The molecule has 2 aromatic carbocycles. The van der Waals surface area contributed by atoms with Gasteiger partial charge in [0.05, 0.1) is 5.69 Å². The Morgan fingerprint density at radius 3 is 2.62 bits per heavy atom. The van der Waals surface area contributed by atoms with Crippen LogP contribution in [0.25, 0.3) is 22.0 Å². The van der Waals surface area contributed by atoms with Crippen LogP contribution in [0.1, 0.15) is 5.69 Å². The number of rotatable bonds is 3. The maximum atomic E-state index is 5.89. The van der Waals surface area contributed by atoms with Gasteiger partial charge >= 0.3 is 0 Å². The van der Waals surface area contributed by atoms with E-state index in [9.17, 15) is 0 Å². The molecule has 118 valence electrons. The molecule has 24 heavy (non-hydrogen) atoms. The van der Waals surface area contributed by atoms with E-state index in [0.29, 0.717) is 5.82 Å². The van der Waals surface area contributed by atoms with Crippen molar-refractivity contribution in [3.63, 3.8) is 0 Å². The minimum absolute atomic E-state index is 0.226. The van der Waals surface area contributed by atoms with Crippen LogP contribution >= 0.6 is 22.9 Å². The lowest BCUT2D eigenvalue weighted by Gasteiger charge is -2.03. The van der Waals surface area contributed by atoms with Gasteiger partial charge in [-0.1, -0.05) is 36.4 Å². The highest BCUT2D eigenvalue weighted by molar-refractivity contribution is 7.14. The van der Waals surface area contributed by atoms with Crippen molar-refractivity contribution in [3.05, 3.63) is 64.9 Å². The number of aromatic nitrogens is 3. The molecule has 0 radical (unpaired) electrons. The van der Waals surface area contributed by atoms with Crippen LogP contribution in [0, 0.1) is 6.92 Å². The molecule has 0 bridgehead atoms. The lowest BCUT2D eigenvalue weighted by molar-refractivity contribution is 1.10. The van der Waals surface area contributed by atoms with Gasteiger partial charge in [-0.2, -0.15) is 0 Å². The molecule has 0 aliphatic rings. The first-order valence-electron chi connectivity index (χ1n) is 7.40. The topological polar surface area (TPSA) is 50.7 Å². The Kier molecular flexibility index (Phi) is 3.88. The molecule has 2 heterocycles. The molecular formula is C18H13ClN4S. The van der Waals surface area contributed by atoms with E-state index in [1.807, 2.05) is 30.5 Å². The lowest BCUT2D eigenvalue weighted by Crippen LogP contribution is -1.96. The van der Waals surface area contributed by atoms with E-state index in [1.165, 1.54) is 22.1 Å². The Hall–Kier alpha value is -2.50. The number of hydrogen-bond donors (Lipinski definition) is 1. The normalized spacial score (nSPS) is 10.9. The molecule has 0 aliphatic carbocycles. The Labute approximate surface area is 148 Å². The molecule has 0 aliphatic heterocycles. The zero-order valence-corrected chi connectivity index (χ0v) is 14.4. The van der Waals surface area contributed by atoms with Gasteiger partial charge in [0.1, 0.15) is 5.82 Å². The highest BCUT2D eigenvalue weighted by Crippen LogP contribution is 2.29. The lowest BCUT2D eigenvalue weighted by atomic mass is 10.1. The molecule has 4 aromatic rings. The van der Waals surface area contributed by atoms with E-state index in [4.69, 9.17) is 11.6 Å². The van der Waals surface area contributed by atoms with Crippen LogP contribution in [0.5, 0.6) is 0 Å². The van der Waals surface area contributed by atoms with Crippen molar-refractivity contribution in [3.8, 4) is 11.3 Å². The monoisotopic (exact) mass is 352 g/mol. The van der Waals surface area contributed by atoms with Crippen molar-refractivity contribution in [2.24, 2.45) is 0 Å². The van der Waals surface area contributed by atoms with Gasteiger partial charge in [-0.3, -0.25) is 0 Å². The standard InChI is InChI=1S/C18H13ClN4S/c1-11-8-16(22-17(19)20-11)23-18-21-15(10-24-18)14-7-6-12-4-2-3-5-13(12)9-14/h2-10H,1H3,(H,20,21,22,23). The summed E-state index contributed by atoms with van der Waals surface area (Å²) < 4.78 is 0. The predicted octanol–water partition coefficient (Wildman–Crippen LogP) is 5.46. The van der Waals surface area contributed by atoms with Gasteiger partial charge in [0.25, 0.3) is 0 Å². The minimum atomic E-state index is 0.226. The van der Waals surface area contributed by atoms with Crippen molar-refractivity contribution in [2.75, 3.05) is 5.32 Å². The molecule has 0 atom stereocenters. The number of anilines is 2. The summed E-state index contributed by atoms with van der Waals surface area (Å²) in [7, 11) is 0. The molecule has 0 fully saturated rings. The Bertz CT molecular complexity index is 1010. The molecule has 4 rings (SSSR count). The smallest absolute Gasteiger partial charge is 0.224 e. The van der Waals surface area contributed by atoms with Crippen LogP contribution in [-0.4, -0.2) is 15.0 Å². The van der Waals surface area contributed by atoms with Gasteiger partial charge < -0.3 is 5.32 Å². The van der Waals surface area contributed by atoms with E-state index >= 15 is 0 Å². The summed E-state index contributed by atoms with van der Waals surface area (Å²) >= 11 is 7.42. The summed E-state index contributed by atoms with van der Waals surface area (Å²) in [6.45, 7) is 1.88. The van der Waals surface area contributed by atoms with E-state index < -0.39 is 0 Å². The van der Waals surface area contributed by atoms with Gasteiger partial charge in [-0.05, 0) is 35.4 Å². The summed E-state index contributed by atoms with van der Waals surface area (Å²) in [5, 5.41) is 8.64. The molecule has 0 saturated heterocycles. The van der Waals surface area contributed by atoms with E-state index in [0.717, 1.165) is 22.1 Å². The first kappa shape index (κ1) is 15.1. The summed E-state index contributed by atoms with van der Waals surface area (Å²) in [4.78, 5) is 12.9. The van der Waals surface area contributed by atoms with Gasteiger partial charge in [0.2, 0.25) is 5.28 Å². The molecule has 0 spiro atoms. The van der Waals surface area contributed by atoms with Crippen LogP contribution in [0.4, 0.5) is 10.9 Å². The zero-order valence-electron chi connectivity index (χ0n) is 12.8. The molecule has 0 saturated carbocycles. The van der Waals surface area contributed by atoms with Gasteiger partial charge in [-0.15, -0.1) is 11.3 Å². The molecule has 0 unspecified atom stereocenters. The van der Waals surface area contributed by atoms with E-state index in [1.54, 1.807) is 0 Å². The number of thiazole rings is 1. The largest absolute Gasteiger partial charge is 0.316 e. The summed E-state index contributed by atoms with van der Waals surface area (Å²) in [6, 6.07) is 16.5. The average Bonchev–Trinajstić information content (AvgIpc) is 3.02. The second kappa shape index (κ2) is 6.19. The van der Waals surface area contributed by atoms with Crippen molar-refractivity contribution < 1.29 is 0 Å². The third kappa shape index (κ3) is 3.09. The number of aryl methyl sites for hydroxylation is 1. The number of fused-ring (bicyclic) bond motifs is 1. The van der Waals surface area contributed by atoms with Crippen LogP contribution in [0.3, 0.4) is 0 Å². The van der Waals surface area contributed by atoms with Crippen molar-refractivity contribution in [1.29, 1.82) is 0 Å². The maximum Gasteiger partial charge on any atom is 0.224 e. The molecule has 1 N–H and O–H groups in total. The summed E-state index contributed by atoms with van der Waals surface area (Å²) in [6.07, 6.45) is 0. The van der Waals surface area contributed by atoms with Crippen molar-refractivity contribution in [1.82, 2.24) is 15.0 Å². The quantitative estimate of drug-likeness (QED) is 0.497. The fraction of sp³-hybridized carbons (Fsp3) is 0.0556. The first-order valence-corrected chi connectivity index (χ1v) is 8.66. The second-order valence-electron chi connectivity index (χ2n) is 5.39. The number of nitrogens with zero attached hydrogens (tertiary/aromatic N) is 3. The number of hydrogen-bond acceptors (Lipinski definition) is 5. The van der Waals surface area contributed by atoms with E-state index in [2.05, 4.69) is 50.6 Å². The number of halogens is 1. The van der Waals surface area contributed by atoms with Gasteiger partial charge in [-0.25, -0.2) is 15.0 Å². The predicted molar refractivity (Wildman–Crippen MR) is 100 cm³/mol. The van der Waals surface area contributed by atoms with Crippen LogP contribution < -0.4 is 5.32 Å². The van der Waals surface area contributed by atoms with Crippen LogP contribution in [-0.2, 0) is 0 Å². The molecule has 6 heteroatoms. The molecule has 4 nitrogen and oxygen atoms in total. The fourth-order valence-corrected chi connectivity index (χ4v) is 3.47. The Balaban J connectivity index is 1.63. The maximum absolute atomic E-state index is 5.89. The number of nitrogens with one attached hydrogen (secondary N) is 1. The van der Waals surface area contributed by atoms with Crippen LogP contribution in [0.2, 0.25) is 5.28 Å². The minimum Gasteiger partial charge on any atom is -0.316 e. The third-order valence-electron chi connectivity index (χ3n) is 3.61. The summed E-state index contributed by atoms with van der Waals surface area (Å²) in [5.41, 5.74) is 2.84. The van der Waals surface area contributed by atoms with Crippen molar-refractivity contribution in [2.45, 2.75) is 6.92 Å². The molecule has 2 aromatic heterocycles. The SMILES string of the molecule is Cc1cc(Nc2nc(-c3ccc4ccccc4c3)cs2)nc(Cl)n1. The van der Waals surface area contributed by atoms with Gasteiger partial charge in [0.15, 0.2) is 5.13 Å². The van der Waals surface area contributed by atoms with E-state index in [-0.39, 0.29) is 5.28 Å². The third-order valence-corrected chi connectivity index (χ3v) is 4.54. The average molecular weight is 353 g/mol. The Morgan fingerprint density at radius 1 is 0.958 bits per heavy atom. The number of benzene rings is 2. The van der Waals surface area contributed by atoms with Crippen LogP contribution in [0.15, 0.2) is 53.9 Å². The second-order valence-corrected chi connectivity index (χ2v) is 6.58. The van der Waals surface area contributed by atoms with Crippen molar-refractivity contribution >= 4 is 44.7 Å². The Morgan fingerprint density at radius 2 is 1.79 bits per heavy atom.